The number of benzene rings is 2. The molecule has 5 rings (SSSR count). The third kappa shape index (κ3) is 3.52. The number of amides is 2. The van der Waals surface area contributed by atoms with Crippen molar-refractivity contribution in [2.24, 2.45) is 11.8 Å². The van der Waals surface area contributed by atoms with Crippen LogP contribution in [0.5, 0.6) is 0 Å². The van der Waals surface area contributed by atoms with Crippen molar-refractivity contribution in [3.63, 3.8) is 0 Å². The van der Waals surface area contributed by atoms with Crippen LogP contribution in [-0.2, 0) is 4.79 Å². The lowest BCUT2D eigenvalue weighted by molar-refractivity contribution is -0.133. The molecule has 1 aliphatic carbocycles. The smallest absolute Gasteiger partial charge is 0.284 e. The van der Waals surface area contributed by atoms with Crippen molar-refractivity contribution in [2.75, 3.05) is 5.32 Å². The summed E-state index contributed by atoms with van der Waals surface area (Å²) in [5.41, 5.74) is 8.73. The average molecular weight is 407 g/mol. The molecule has 1 aromatic heterocycles. The number of rotatable bonds is 3. The fourth-order valence-corrected chi connectivity index (χ4v) is 5.35. The van der Waals surface area contributed by atoms with Gasteiger partial charge in [-0.3, -0.25) is 15.0 Å². The van der Waals surface area contributed by atoms with Crippen molar-refractivity contribution in [2.45, 2.75) is 31.7 Å². The molecule has 1 saturated carbocycles. The lowest BCUT2D eigenvalue weighted by Gasteiger charge is -2.41. The summed E-state index contributed by atoms with van der Waals surface area (Å²) in [5.74, 6) is 0.328. The van der Waals surface area contributed by atoms with Gasteiger partial charge in [0.25, 0.3) is 5.91 Å². The van der Waals surface area contributed by atoms with Crippen LogP contribution < -0.4 is 16.2 Å². The first kappa shape index (κ1) is 18.3. The van der Waals surface area contributed by atoms with Crippen LogP contribution in [0.15, 0.2) is 48.5 Å². The van der Waals surface area contributed by atoms with Crippen molar-refractivity contribution in [1.82, 2.24) is 15.8 Å². The fourth-order valence-electron chi connectivity index (χ4n) is 4.49. The van der Waals surface area contributed by atoms with E-state index in [1.165, 1.54) is 17.8 Å². The van der Waals surface area contributed by atoms with Gasteiger partial charge in [-0.25, -0.2) is 10.4 Å². The number of anilines is 1. The number of hydrogen-bond donors (Lipinski definition) is 3. The number of hydrazine groups is 1. The van der Waals surface area contributed by atoms with E-state index in [2.05, 4.69) is 21.2 Å². The average Bonchev–Trinajstić information content (AvgIpc) is 3.20. The van der Waals surface area contributed by atoms with Gasteiger partial charge in [-0.1, -0.05) is 37.1 Å². The van der Waals surface area contributed by atoms with Gasteiger partial charge in [-0.05, 0) is 48.6 Å². The number of carbonyl (C=O) groups is 2. The number of hydrogen-bond acceptors (Lipinski definition) is 5. The Balaban J connectivity index is 1.31. The third-order valence-corrected chi connectivity index (χ3v) is 6.99. The minimum atomic E-state index is -0.200. The first-order valence-corrected chi connectivity index (χ1v) is 10.8. The lowest BCUT2D eigenvalue weighted by atomic mass is 9.72. The molecule has 1 saturated heterocycles. The molecule has 148 valence electrons. The number of carbonyl (C=O) groups excluding carboxylic acids is 2. The maximum absolute atomic E-state index is 12.6. The monoisotopic (exact) mass is 406 g/mol. The summed E-state index contributed by atoms with van der Waals surface area (Å²) in [6.07, 6.45) is 4.32. The van der Waals surface area contributed by atoms with Crippen LogP contribution in [0.1, 0.15) is 47.1 Å². The SMILES string of the molecule is O=C(Nc1ccc(C2NNC(=O)C3CCCCC32)cc1)c1nc2ccccc2s1. The van der Waals surface area contributed by atoms with E-state index in [1.807, 2.05) is 48.5 Å². The second kappa shape index (κ2) is 7.57. The zero-order valence-corrected chi connectivity index (χ0v) is 16.7. The molecule has 7 heteroatoms. The molecule has 2 aliphatic rings. The van der Waals surface area contributed by atoms with E-state index in [0.29, 0.717) is 10.9 Å². The Morgan fingerprint density at radius 2 is 1.86 bits per heavy atom. The summed E-state index contributed by atoms with van der Waals surface area (Å²) in [5, 5.41) is 3.39. The molecule has 3 aromatic rings. The topological polar surface area (TPSA) is 83.1 Å². The van der Waals surface area contributed by atoms with Gasteiger partial charge >= 0.3 is 0 Å². The standard InChI is InChI=1S/C22H22N4O2S/c27-20-16-6-2-1-5-15(16)19(25-26-20)13-9-11-14(12-10-13)23-21(28)22-24-17-7-3-4-8-18(17)29-22/h3-4,7-12,15-16,19,25H,1-2,5-6H2,(H,23,28)(H,26,27). The van der Waals surface area contributed by atoms with Gasteiger partial charge in [-0.2, -0.15) is 0 Å². The minimum Gasteiger partial charge on any atom is -0.320 e. The van der Waals surface area contributed by atoms with Crippen molar-refractivity contribution < 1.29 is 9.59 Å². The van der Waals surface area contributed by atoms with Crippen LogP contribution in [0.3, 0.4) is 0 Å². The number of nitrogens with zero attached hydrogens (tertiary/aromatic N) is 1. The quantitative estimate of drug-likeness (QED) is 0.613. The maximum Gasteiger partial charge on any atom is 0.284 e. The Kier molecular flexibility index (Phi) is 4.77. The normalized spacial score (nSPS) is 24.0. The Labute approximate surface area is 172 Å². The Hall–Kier alpha value is -2.77. The van der Waals surface area contributed by atoms with E-state index in [9.17, 15) is 9.59 Å². The lowest BCUT2D eigenvalue weighted by Crippen LogP contribution is -2.55. The molecule has 0 bridgehead atoms. The number of para-hydroxylation sites is 1. The summed E-state index contributed by atoms with van der Waals surface area (Å²) in [7, 11) is 0. The van der Waals surface area contributed by atoms with Crippen LogP contribution in [0.4, 0.5) is 5.69 Å². The number of thiazole rings is 1. The summed E-state index contributed by atoms with van der Waals surface area (Å²) in [6.45, 7) is 0. The summed E-state index contributed by atoms with van der Waals surface area (Å²) in [6, 6.07) is 15.7. The Bertz CT molecular complexity index is 1030. The molecule has 2 heterocycles. The molecule has 2 amide bonds. The third-order valence-electron chi connectivity index (χ3n) is 5.95. The molecule has 6 nitrogen and oxygen atoms in total. The second-order valence-corrected chi connectivity index (χ2v) is 8.76. The molecular weight excluding hydrogens is 384 g/mol. The van der Waals surface area contributed by atoms with Gasteiger partial charge in [0.2, 0.25) is 5.91 Å². The highest BCUT2D eigenvalue weighted by atomic mass is 32.1. The number of nitrogens with one attached hydrogen (secondary N) is 3. The van der Waals surface area contributed by atoms with Crippen molar-refractivity contribution in [1.29, 1.82) is 0 Å². The predicted molar refractivity (Wildman–Crippen MR) is 113 cm³/mol. The molecule has 2 fully saturated rings. The molecule has 0 radical (unpaired) electrons. The van der Waals surface area contributed by atoms with Gasteiger partial charge in [-0.15, -0.1) is 11.3 Å². The minimum absolute atomic E-state index is 0.0911. The Morgan fingerprint density at radius 3 is 2.69 bits per heavy atom. The van der Waals surface area contributed by atoms with E-state index >= 15 is 0 Å². The highest BCUT2D eigenvalue weighted by Crippen LogP contribution is 2.40. The van der Waals surface area contributed by atoms with Crippen LogP contribution in [0, 0.1) is 11.8 Å². The summed E-state index contributed by atoms with van der Waals surface area (Å²) < 4.78 is 1.00. The predicted octanol–water partition coefficient (Wildman–Crippen LogP) is 4.03. The second-order valence-electron chi connectivity index (χ2n) is 7.73. The van der Waals surface area contributed by atoms with Crippen LogP contribution in [0.25, 0.3) is 10.2 Å². The van der Waals surface area contributed by atoms with Crippen LogP contribution >= 0.6 is 11.3 Å². The zero-order valence-electron chi connectivity index (χ0n) is 15.9. The highest BCUT2D eigenvalue weighted by molar-refractivity contribution is 7.20. The van der Waals surface area contributed by atoms with Crippen LogP contribution in [0.2, 0.25) is 0 Å². The Morgan fingerprint density at radius 1 is 1.07 bits per heavy atom. The maximum atomic E-state index is 12.6. The van der Waals surface area contributed by atoms with E-state index in [1.54, 1.807) is 0 Å². The van der Waals surface area contributed by atoms with E-state index in [4.69, 9.17) is 0 Å². The molecular formula is C22H22N4O2S. The molecule has 3 unspecified atom stereocenters. The fraction of sp³-hybridized carbons (Fsp3) is 0.318. The van der Waals surface area contributed by atoms with Gasteiger partial charge in [0.1, 0.15) is 0 Å². The van der Waals surface area contributed by atoms with Gasteiger partial charge in [0.15, 0.2) is 5.01 Å². The van der Waals surface area contributed by atoms with Crippen molar-refractivity contribution >= 4 is 39.1 Å². The number of aromatic nitrogens is 1. The van der Waals surface area contributed by atoms with Gasteiger partial charge in [0, 0.05) is 11.6 Å². The first-order valence-electron chi connectivity index (χ1n) is 10.0. The summed E-state index contributed by atoms with van der Waals surface area (Å²) >= 11 is 1.39. The molecule has 2 aromatic carbocycles. The van der Waals surface area contributed by atoms with E-state index in [0.717, 1.165) is 40.7 Å². The highest BCUT2D eigenvalue weighted by Gasteiger charge is 2.40. The molecule has 3 atom stereocenters. The molecule has 1 aliphatic heterocycles. The van der Waals surface area contributed by atoms with Crippen molar-refractivity contribution in [3.8, 4) is 0 Å². The number of fused-ring (bicyclic) bond motifs is 2. The molecule has 3 N–H and O–H groups in total. The van der Waals surface area contributed by atoms with E-state index < -0.39 is 0 Å². The summed E-state index contributed by atoms with van der Waals surface area (Å²) in [4.78, 5) is 29.1. The van der Waals surface area contributed by atoms with Crippen LogP contribution in [-0.4, -0.2) is 16.8 Å². The molecule has 0 spiro atoms. The zero-order chi connectivity index (χ0) is 19.8. The first-order chi connectivity index (χ1) is 14.2. The van der Waals surface area contributed by atoms with Crippen molar-refractivity contribution in [3.05, 3.63) is 59.1 Å². The van der Waals surface area contributed by atoms with Gasteiger partial charge in [0.05, 0.1) is 16.3 Å². The largest absolute Gasteiger partial charge is 0.320 e. The van der Waals surface area contributed by atoms with Gasteiger partial charge < -0.3 is 5.32 Å². The molecule has 29 heavy (non-hydrogen) atoms. The van der Waals surface area contributed by atoms with E-state index in [-0.39, 0.29) is 23.8 Å².